The minimum Gasteiger partial charge on any atom is -0.368 e. The van der Waals surface area contributed by atoms with Gasteiger partial charge in [-0.3, -0.25) is 0 Å². The van der Waals surface area contributed by atoms with E-state index < -0.39 is 0 Å². The lowest BCUT2D eigenvalue weighted by molar-refractivity contribution is 0.870. The lowest BCUT2D eigenvalue weighted by Crippen LogP contribution is -2.10. The van der Waals surface area contributed by atoms with Gasteiger partial charge in [0.2, 0.25) is 5.95 Å². The Labute approximate surface area is 128 Å². The molecule has 0 fully saturated rings. The van der Waals surface area contributed by atoms with E-state index in [9.17, 15) is 0 Å². The lowest BCUT2D eigenvalue weighted by Gasteiger charge is -2.11. The molecule has 0 saturated carbocycles. The van der Waals surface area contributed by atoms with Crippen LogP contribution in [-0.2, 0) is 0 Å². The van der Waals surface area contributed by atoms with E-state index in [0.29, 0.717) is 17.7 Å². The molecule has 3 rings (SSSR count). The molecule has 0 aliphatic rings. The van der Waals surface area contributed by atoms with E-state index in [1.54, 1.807) is 16.9 Å². The highest BCUT2D eigenvalue weighted by molar-refractivity contribution is 5.62. The third kappa shape index (κ3) is 2.34. The average molecular weight is 297 g/mol. The molecule has 2 N–H and O–H groups in total. The van der Waals surface area contributed by atoms with Crippen LogP contribution in [0, 0.1) is 0 Å². The van der Waals surface area contributed by atoms with Crippen LogP contribution in [0.4, 0.5) is 11.8 Å². The Bertz CT molecular complexity index is 803. The normalized spacial score (nSPS) is 11.3. The summed E-state index contributed by atoms with van der Waals surface area (Å²) in [6, 6.07) is 3.87. The first kappa shape index (κ1) is 14.2. The number of aromatic nitrogens is 5. The maximum atomic E-state index is 6.01. The van der Waals surface area contributed by atoms with Gasteiger partial charge in [0, 0.05) is 31.4 Å². The number of pyridine rings is 1. The molecule has 0 atom stereocenters. The van der Waals surface area contributed by atoms with Crippen molar-refractivity contribution in [2.24, 2.45) is 0 Å². The zero-order chi connectivity index (χ0) is 15.9. The highest BCUT2D eigenvalue weighted by Crippen LogP contribution is 2.23. The molecule has 0 aromatic carbocycles. The monoisotopic (exact) mass is 297 g/mol. The first-order valence-corrected chi connectivity index (χ1v) is 7.12. The summed E-state index contributed by atoms with van der Waals surface area (Å²) in [6.07, 6.45) is 3.55. The number of anilines is 2. The second-order valence-corrected chi connectivity index (χ2v) is 5.69. The van der Waals surface area contributed by atoms with E-state index in [-0.39, 0.29) is 0 Å². The highest BCUT2D eigenvalue weighted by Gasteiger charge is 2.14. The van der Waals surface area contributed by atoms with Crippen LogP contribution >= 0.6 is 0 Å². The van der Waals surface area contributed by atoms with Crippen LogP contribution in [0.1, 0.15) is 25.3 Å². The standard InChI is InChI=1S/C15H19N7/c1-9(2)11-8-18-22-14(11)19-13(20-15(22)16)10-5-6-12(17-7-10)21(3)4/h5-9H,1-4H3,(H2,16,19,20). The van der Waals surface area contributed by atoms with Crippen molar-refractivity contribution >= 4 is 17.4 Å². The first-order chi connectivity index (χ1) is 10.5. The Hall–Kier alpha value is -2.70. The predicted molar refractivity (Wildman–Crippen MR) is 86.8 cm³/mol. The van der Waals surface area contributed by atoms with E-state index >= 15 is 0 Å². The number of rotatable bonds is 3. The van der Waals surface area contributed by atoms with Crippen LogP contribution in [0.25, 0.3) is 17.0 Å². The second-order valence-electron chi connectivity index (χ2n) is 5.69. The highest BCUT2D eigenvalue weighted by atomic mass is 15.3. The van der Waals surface area contributed by atoms with E-state index in [1.165, 1.54) is 0 Å². The molecule has 0 bridgehead atoms. The molecular formula is C15H19N7. The fraction of sp³-hybridized carbons (Fsp3) is 0.333. The van der Waals surface area contributed by atoms with E-state index in [1.807, 2.05) is 31.1 Å². The molecule has 3 heterocycles. The van der Waals surface area contributed by atoms with Crippen LogP contribution in [0.5, 0.6) is 0 Å². The quantitative estimate of drug-likeness (QED) is 0.795. The molecule has 0 unspecified atom stereocenters. The van der Waals surface area contributed by atoms with Crippen LogP contribution < -0.4 is 10.6 Å². The molecule has 0 aliphatic carbocycles. The van der Waals surface area contributed by atoms with Crippen LogP contribution in [0.2, 0.25) is 0 Å². The number of hydrogen-bond acceptors (Lipinski definition) is 6. The summed E-state index contributed by atoms with van der Waals surface area (Å²) in [5.41, 5.74) is 8.63. The van der Waals surface area contributed by atoms with Crippen LogP contribution in [0.3, 0.4) is 0 Å². The summed E-state index contributed by atoms with van der Waals surface area (Å²) >= 11 is 0. The second kappa shape index (κ2) is 5.25. The largest absolute Gasteiger partial charge is 0.368 e. The van der Waals surface area contributed by atoms with Crippen molar-refractivity contribution in [1.82, 2.24) is 24.6 Å². The minimum atomic E-state index is 0.314. The van der Waals surface area contributed by atoms with E-state index in [4.69, 9.17) is 5.73 Å². The number of nitrogen functional groups attached to an aromatic ring is 1. The fourth-order valence-electron chi connectivity index (χ4n) is 2.23. The number of nitrogens with zero attached hydrogens (tertiary/aromatic N) is 6. The van der Waals surface area contributed by atoms with Gasteiger partial charge in [0.05, 0.1) is 6.20 Å². The van der Waals surface area contributed by atoms with Crippen molar-refractivity contribution in [3.05, 3.63) is 30.1 Å². The van der Waals surface area contributed by atoms with Crippen molar-refractivity contribution < 1.29 is 0 Å². The van der Waals surface area contributed by atoms with Crippen molar-refractivity contribution in [2.45, 2.75) is 19.8 Å². The Morgan fingerprint density at radius 3 is 2.50 bits per heavy atom. The van der Waals surface area contributed by atoms with Gasteiger partial charge in [0.1, 0.15) is 5.82 Å². The molecule has 7 heteroatoms. The van der Waals surface area contributed by atoms with Gasteiger partial charge in [0.15, 0.2) is 11.5 Å². The lowest BCUT2D eigenvalue weighted by atomic mass is 10.1. The third-order valence-electron chi connectivity index (χ3n) is 3.51. The summed E-state index contributed by atoms with van der Waals surface area (Å²) in [5.74, 6) is 2.08. The van der Waals surface area contributed by atoms with Crippen molar-refractivity contribution in [3.63, 3.8) is 0 Å². The molecule has 0 spiro atoms. The molecule has 3 aromatic rings. The van der Waals surface area contributed by atoms with Gasteiger partial charge in [-0.2, -0.15) is 14.6 Å². The maximum absolute atomic E-state index is 6.01. The molecule has 22 heavy (non-hydrogen) atoms. The zero-order valence-corrected chi connectivity index (χ0v) is 13.1. The summed E-state index contributed by atoms with van der Waals surface area (Å²) < 4.78 is 1.57. The van der Waals surface area contributed by atoms with Gasteiger partial charge < -0.3 is 10.6 Å². The Balaban J connectivity index is 2.12. The average Bonchev–Trinajstić information content (AvgIpc) is 2.92. The van der Waals surface area contributed by atoms with Gasteiger partial charge in [-0.25, -0.2) is 9.97 Å². The minimum absolute atomic E-state index is 0.314. The smallest absolute Gasteiger partial charge is 0.225 e. The Morgan fingerprint density at radius 2 is 1.91 bits per heavy atom. The van der Waals surface area contributed by atoms with E-state index in [2.05, 4.69) is 33.9 Å². The summed E-state index contributed by atoms with van der Waals surface area (Å²) in [4.78, 5) is 15.3. The van der Waals surface area contributed by atoms with Crippen LogP contribution in [0.15, 0.2) is 24.5 Å². The van der Waals surface area contributed by atoms with Crippen LogP contribution in [-0.4, -0.2) is 38.7 Å². The fourth-order valence-corrected chi connectivity index (χ4v) is 2.23. The van der Waals surface area contributed by atoms with Gasteiger partial charge in [0.25, 0.3) is 0 Å². The van der Waals surface area contributed by atoms with Crippen molar-refractivity contribution in [3.8, 4) is 11.4 Å². The molecule has 7 nitrogen and oxygen atoms in total. The summed E-state index contributed by atoms with van der Waals surface area (Å²) in [6.45, 7) is 4.20. The molecule has 0 aliphatic heterocycles. The SMILES string of the molecule is CC(C)c1cnn2c(N)nc(-c3ccc(N(C)C)nc3)nc12. The number of fused-ring (bicyclic) bond motifs is 1. The molecule has 3 aromatic heterocycles. The topological polar surface area (TPSA) is 85.2 Å². The Morgan fingerprint density at radius 1 is 1.14 bits per heavy atom. The first-order valence-electron chi connectivity index (χ1n) is 7.12. The van der Waals surface area contributed by atoms with Crippen molar-refractivity contribution in [1.29, 1.82) is 0 Å². The molecule has 0 amide bonds. The molecular weight excluding hydrogens is 278 g/mol. The predicted octanol–water partition coefficient (Wildman–Crippen LogP) is 1.96. The maximum Gasteiger partial charge on any atom is 0.225 e. The van der Waals surface area contributed by atoms with E-state index in [0.717, 1.165) is 22.6 Å². The number of hydrogen-bond donors (Lipinski definition) is 1. The zero-order valence-electron chi connectivity index (χ0n) is 13.1. The molecule has 0 radical (unpaired) electrons. The van der Waals surface area contributed by atoms with Gasteiger partial charge >= 0.3 is 0 Å². The van der Waals surface area contributed by atoms with Gasteiger partial charge in [-0.1, -0.05) is 13.8 Å². The number of nitrogens with two attached hydrogens (primary N) is 1. The molecule has 0 saturated heterocycles. The Kier molecular flexibility index (Phi) is 3.40. The van der Waals surface area contributed by atoms with Gasteiger partial charge in [-0.05, 0) is 18.1 Å². The third-order valence-corrected chi connectivity index (χ3v) is 3.51. The van der Waals surface area contributed by atoms with Gasteiger partial charge in [-0.15, -0.1) is 0 Å². The summed E-state index contributed by atoms with van der Waals surface area (Å²) in [5, 5.41) is 4.26. The molecule has 114 valence electrons. The van der Waals surface area contributed by atoms with Crippen molar-refractivity contribution in [2.75, 3.05) is 24.7 Å². The summed E-state index contributed by atoms with van der Waals surface area (Å²) in [7, 11) is 3.90.